The molecule has 1 aliphatic heterocycles. The number of anilines is 1. The second-order valence-electron chi connectivity index (χ2n) is 5.32. The molecule has 0 aliphatic carbocycles. The molecule has 0 aromatic carbocycles. The Kier molecular flexibility index (Phi) is 4.54. The second kappa shape index (κ2) is 6.17. The van der Waals surface area contributed by atoms with Crippen molar-refractivity contribution in [1.29, 1.82) is 0 Å². The van der Waals surface area contributed by atoms with Crippen molar-refractivity contribution in [3.63, 3.8) is 0 Å². The van der Waals surface area contributed by atoms with E-state index in [9.17, 15) is 4.79 Å². The molecule has 0 saturated carbocycles. The quantitative estimate of drug-likeness (QED) is 0.859. The van der Waals surface area contributed by atoms with E-state index in [1.54, 1.807) is 6.92 Å². The average molecular weight is 277 g/mol. The summed E-state index contributed by atoms with van der Waals surface area (Å²) in [6.45, 7) is 5.84. The molecule has 1 fully saturated rings. The van der Waals surface area contributed by atoms with Crippen molar-refractivity contribution in [3.05, 3.63) is 17.6 Å². The molecule has 1 amide bonds. The summed E-state index contributed by atoms with van der Waals surface area (Å²) in [4.78, 5) is 24.4. The van der Waals surface area contributed by atoms with Gasteiger partial charge in [-0.2, -0.15) is 0 Å². The first-order valence-corrected chi connectivity index (χ1v) is 7.04. The molecule has 1 aromatic heterocycles. The first kappa shape index (κ1) is 14.7. The van der Waals surface area contributed by atoms with E-state index in [4.69, 9.17) is 5.73 Å². The molecular formula is C14H23N5O. The second-order valence-corrected chi connectivity index (χ2v) is 5.32. The molecule has 0 spiro atoms. The predicted octanol–water partition coefficient (Wildman–Crippen LogP) is 0.343. The van der Waals surface area contributed by atoms with Gasteiger partial charge in [0, 0.05) is 45.2 Å². The third kappa shape index (κ3) is 3.25. The largest absolute Gasteiger partial charge is 0.354 e. The van der Waals surface area contributed by atoms with E-state index in [0.29, 0.717) is 6.54 Å². The van der Waals surface area contributed by atoms with Crippen LogP contribution >= 0.6 is 0 Å². The Balaban J connectivity index is 2.11. The standard InChI is InChI=1S/C14H23N5O/c1-10-16-12(4-6-15)8-14(17-10)19-7-5-13(9-19)18(3)11(2)20/h8,13H,4-7,9,15H2,1-3H3/t13-/m0/s1. The van der Waals surface area contributed by atoms with Crippen molar-refractivity contribution >= 4 is 11.7 Å². The van der Waals surface area contributed by atoms with Crippen molar-refractivity contribution in [2.45, 2.75) is 32.7 Å². The molecule has 2 N–H and O–H groups in total. The fourth-order valence-electron chi connectivity index (χ4n) is 2.57. The molecule has 0 unspecified atom stereocenters. The van der Waals surface area contributed by atoms with Crippen molar-refractivity contribution in [2.75, 3.05) is 31.6 Å². The van der Waals surface area contributed by atoms with Crippen molar-refractivity contribution in [1.82, 2.24) is 14.9 Å². The number of nitrogens with zero attached hydrogens (tertiary/aromatic N) is 4. The minimum Gasteiger partial charge on any atom is -0.354 e. The van der Waals surface area contributed by atoms with Crippen LogP contribution in [0, 0.1) is 6.92 Å². The lowest BCUT2D eigenvalue weighted by Gasteiger charge is -2.24. The van der Waals surface area contributed by atoms with Gasteiger partial charge in [-0.25, -0.2) is 9.97 Å². The van der Waals surface area contributed by atoms with Crippen LogP contribution in [0.2, 0.25) is 0 Å². The van der Waals surface area contributed by atoms with Gasteiger partial charge >= 0.3 is 0 Å². The number of amides is 1. The van der Waals surface area contributed by atoms with Gasteiger partial charge in [-0.3, -0.25) is 4.79 Å². The molecule has 20 heavy (non-hydrogen) atoms. The Labute approximate surface area is 120 Å². The lowest BCUT2D eigenvalue weighted by Crippen LogP contribution is -2.37. The summed E-state index contributed by atoms with van der Waals surface area (Å²) in [5.74, 6) is 1.83. The van der Waals surface area contributed by atoms with E-state index in [0.717, 1.165) is 43.3 Å². The predicted molar refractivity (Wildman–Crippen MR) is 78.6 cm³/mol. The van der Waals surface area contributed by atoms with E-state index in [2.05, 4.69) is 14.9 Å². The molecule has 6 nitrogen and oxygen atoms in total. The topological polar surface area (TPSA) is 75.4 Å². The summed E-state index contributed by atoms with van der Waals surface area (Å²) in [6.07, 6.45) is 1.74. The highest BCUT2D eigenvalue weighted by Crippen LogP contribution is 2.21. The maximum absolute atomic E-state index is 11.4. The molecule has 0 bridgehead atoms. The number of carbonyl (C=O) groups is 1. The molecule has 0 radical (unpaired) electrons. The van der Waals surface area contributed by atoms with Gasteiger partial charge < -0.3 is 15.5 Å². The lowest BCUT2D eigenvalue weighted by molar-refractivity contribution is -0.129. The van der Waals surface area contributed by atoms with E-state index in [1.807, 2.05) is 24.9 Å². The molecule has 1 aliphatic rings. The third-order valence-corrected chi connectivity index (χ3v) is 3.81. The Bertz CT molecular complexity index is 490. The molecule has 2 rings (SSSR count). The highest BCUT2D eigenvalue weighted by Gasteiger charge is 2.28. The first-order chi connectivity index (χ1) is 9.51. The van der Waals surface area contributed by atoms with Crippen LogP contribution in [0.1, 0.15) is 24.9 Å². The summed E-state index contributed by atoms with van der Waals surface area (Å²) < 4.78 is 0. The van der Waals surface area contributed by atoms with Crippen LogP contribution < -0.4 is 10.6 Å². The number of rotatable bonds is 4. The van der Waals surface area contributed by atoms with Crippen LogP contribution in [0.15, 0.2) is 6.07 Å². The number of nitrogens with two attached hydrogens (primary N) is 1. The van der Waals surface area contributed by atoms with Gasteiger partial charge in [0.1, 0.15) is 11.6 Å². The maximum Gasteiger partial charge on any atom is 0.219 e. The fourth-order valence-corrected chi connectivity index (χ4v) is 2.57. The van der Waals surface area contributed by atoms with Gasteiger partial charge in [0.05, 0.1) is 6.04 Å². The first-order valence-electron chi connectivity index (χ1n) is 7.04. The summed E-state index contributed by atoms with van der Waals surface area (Å²) in [5.41, 5.74) is 6.58. The van der Waals surface area contributed by atoms with Crippen LogP contribution in [-0.2, 0) is 11.2 Å². The minimum atomic E-state index is 0.111. The fraction of sp³-hybridized carbons (Fsp3) is 0.643. The smallest absolute Gasteiger partial charge is 0.219 e. The van der Waals surface area contributed by atoms with Gasteiger partial charge in [-0.1, -0.05) is 0 Å². The van der Waals surface area contributed by atoms with Crippen molar-refractivity contribution < 1.29 is 4.79 Å². The highest BCUT2D eigenvalue weighted by atomic mass is 16.2. The highest BCUT2D eigenvalue weighted by molar-refractivity contribution is 5.73. The van der Waals surface area contributed by atoms with Gasteiger partial charge in [0.25, 0.3) is 0 Å². The van der Waals surface area contributed by atoms with E-state index >= 15 is 0 Å². The van der Waals surface area contributed by atoms with Crippen molar-refractivity contribution in [2.24, 2.45) is 5.73 Å². The van der Waals surface area contributed by atoms with Crippen molar-refractivity contribution in [3.8, 4) is 0 Å². The minimum absolute atomic E-state index is 0.111. The van der Waals surface area contributed by atoms with Gasteiger partial charge in [0.15, 0.2) is 0 Å². The summed E-state index contributed by atoms with van der Waals surface area (Å²) >= 11 is 0. The van der Waals surface area contributed by atoms with Crippen LogP contribution in [0.4, 0.5) is 5.82 Å². The van der Waals surface area contributed by atoms with Crippen LogP contribution in [0.5, 0.6) is 0 Å². The maximum atomic E-state index is 11.4. The average Bonchev–Trinajstić information content (AvgIpc) is 2.87. The van der Waals surface area contributed by atoms with E-state index in [-0.39, 0.29) is 11.9 Å². The number of carbonyl (C=O) groups excluding carboxylic acids is 1. The molecule has 1 atom stereocenters. The van der Waals surface area contributed by atoms with E-state index < -0.39 is 0 Å². The zero-order chi connectivity index (χ0) is 14.7. The Hall–Kier alpha value is -1.69. The molecule has 110 valence electrons. The molecular weight excluding hydrogens is 254 g/mol. The Morgan fingerprint density at radius 1 is 1.55 bits per heavy atom. The summed E-state index contributed by atoms with van der Waals surface area (Å²) in [6, 6.07) is 2.27. The molecule has 2 heterocycles. The lowest BCUT2D eigenvalue weighted by atomic mass is 10.2. The molecule has 1 aromatic rings. The normalized spacial score (nSPS) is 18.4. The molecule has 6 heteroatoms. The number of hydrogen-bond acceptors (Lipinski definition) is 5. The van der Waals surface area contributed by atoms with Gasteiger partial charge in [-0.05, 0) is 19.9 Å². The zero-order valence-electron chi connectivity index (χ0n) is 12.5. The number of likely N-dealkylation sites (N-methyl/N-ethyl adjacent to an activating group) is 1. The SMILES string of the molecule is CC(=O)N(C)[C@H]1CCN(c2cc(CCN)nc(C)n2)C1. The van der Waals surface area contributed by atoms with Gasteiger partial charge in [0.2, 0.25) is 5.91 Å². The summed E-state index contributed by atoms with van der Waals surface area (Å²) in [7, 11) is 1.86. The number of hydrogen-bond donors (Lipinski definition) is 1. The Morgan fingerprint density at radius 3 is 2.95 bits per heavy atom. The van der Waals surface area contributed by atoms with Crippen LogP contribution in [-0.4, -0.2) is 53.5 Å². The number of aromatic nitrogens is 2. The van der Waals surface area contributed by atoms with E-state index in [1.165, 1.54) is 0 Å². The zero-order valence-corrected chi connectivity index (χ0v) is 12.5. The Morgan fingerprint density at radius 2 is 2.30 bits per heavy atom. The third-order valence-electron chi connectivity index (χ3n) is 3.81. The van der Waals surface area contributed by atoms with Crippen LogP contribution in [0.25, 0.3) is 0 Å². The van der Waals surface area contributed by atoms with Gasteiger partial charge in [-0.15, -0.1) is 0 Å². The number of aryl methyl sites for hydroxylation is 1. The monoisotopic (exact) mass is 277 g/mol. The summed E-state index contributed by atoms with van der Waals surface area (Å²) in [5, 5.41) is 0. The van der Waals surface area contributed by atoms with Crippen LogP contribution in [0.3, 0.4) is 0 Å². The molecule has 1 saturated heterocycles.